The van der Waals surface area contributed by atoms with E-state index in [9.17, 15) is 14.4 Å². The molecule has 3 N–H and O–H groups in total. The third kappa shape index (κ3) is 6.12. The van der Waals surface area contributed by atoms with E-state index in [2.05, 4.69) is 42.5 Å². The van der Waals surface area contributed by atoms with Gasteiger partial charge in [-0.15, -0.1) is 0 Å². The van der Waals surface area contributed by atoms with Gasteiger partial charge in [0.25, 0.3) is 0 Å². The molecule has 0 aliphatic carbocycles. The van der Waals surface area contributed by atoms with Crippen LogP contribution < -0.4 is 10.6 Å². The molecule has 2 aromatic carbocycles. The molecular weight excluding hydrogens is 492 g/mol. The largest absolute Gasteiger partial charge is 0.453 e. The van der Waals surface area contributed by atoms with Crippen molar-refractivity contribution >= 4 is 44.6 Å². The van der Waals surface area contributed by atoms with E-state index in [0.717, 1.165) is 32.6 Å². The van der Waals surface area contributed by atoms with E-state index < -0.39 is 12.1 Å². The number of aromatic amines is 1. The smallest absolute Gasteiger partial charge is 0.407 e. The van der Waals surface area contributed by atoms with Gasteiger partial charge in [-0.2, -0.15) is 0 Å². The highest BCUT2D eigenvalue weighted by atomic mass is 32.1. The van der Waals surface area contributed by atoms with Crippen LogP contribution in [0.5, 0.6) is 0 Å². The van der Waals surface area contributed by atoms with Gasteiger partial charge in [0.1, 0.15) is 12.6 Å². The van der Waals surface area contributed by atoms with Crippen molar-refractivity contribution in [2.45, 2.75) is 26.3 Å². The second kappa shape index (κ2) is 11.7. The van der Waals surface area contributed by atoms with Crippen LogP contribution in [0.1, 0.15) is 20.3 Å². The Balaban J connectivity index is 1.45. The molecule has 0 aliphatic rings. The second-order valence-electron chi connectivity index (χ2n) is 8.34. The number of anilines is 1. The highest BCUT2D eigenvalue weighted by Crippen LogP contribution is 2.31. The molecule has 192 valence electrons. The summed E-state index contributed by atoms with van der Waals surface area (Å²) in [6.07, 6.45) is 3.39. The summed E-state index contributed by atoms with van der Waals surface area (Å²) in [6.45, 7) is 3.68. The number of ether oxygens (including phenoxy) is 1. The molecule has 4 rings (SSSR count). The van der Waals surface area contributed by atoms with Gasteiger partial charge < -0.3 is 25.3 Å². The molecule has 4 aromatic rings. The number of benzene rings is 2. The fourth-order valence-corrected chi connectivity index (χ4v) is 4.77. The fraction of sp³-hybridized carbons (Fsp3) is 0.269. The third-order valence-corrected chi connectivity index (χ3v) is 6.78. The molecule has 2 heterocycles. The predicted octanol–water partition coefficient (Wildman–Crippen LogP) is 4.28. The first-order valence-corrected chi connectivity index (χ1v) is 12.6. The van der Waals surface area contributed by atoms with Crippen molar-refractivity contribution < 1.29 is 19.1 Å². The first kappa shape index (κ1) is 25.8. The Hall–Kier alpha value is -4.25. The molecule has 11 heteroatoms. The molecular formula is C26H28N6O4S. The number of thiazole rings is 1. The number of carbonyl (C=O) groups is 3. The van der Waals surface area contributed by atoms with Crippen molar-refractivity contribution in [1.29, 1.82) is 0 Å². The topological polar surface area (TPSA) is 129 Å². The highest BCUT2D eigenvalue weighted by Gasteiger charge is 2.26. The number of amides is 3. The quantitative estimate of drug-likeness (QED) is 0.302. The number of aromatic nitrogens is 3. The summed E-state index contributed by atoms with van der Waals surface area (Å²) in [6, 6.07) is 13.4. The van der Waals surface area contributed by atoms with E-state index in [1.165, 1.54) is 23.3 Å². The Labute approximate surface area is 218 Å². The average Bonchev–Trinajstić information content (AvgIpc) is 3.59. The molecule has 1 atom stereocenters. The Bertz CT molecular complexity index is 1380. The standard InChI is InChI=1S/C26H28N6O4S/c1-4-11-32(23(33)14-28-26(35)36-3)16(2)24(34)31-25-30-20-10-9-19(12-22(20)37-25)17-5-7-18(8-6-17)21-13-27-15-29-21/h5-10,12-13,15-16H,4,11,14H2,1-3H3,(H,27,29)(H,28,35)(H,30,31,34)/t16-/m1/s1. The summed E-state index contributed by atoms with van der Waals surface area (Å²) in [7, 11) is 1.22. The molecule has 0 bridgehead atoms. The maximum absolute atomic E-state index is 13.0. The van der Waals surface area contributed by atoms with Crippen molar-refractivity contribution in [3.05, 3.63) is 55.0 Å². The SMILES string of the molecule is CCCN(C(=O)CNC(=O)OC)[C@H](C)C(=O)Nc1nc2ccc(-c3ccc(-c4cnc[nH]4)cc3)cc2s1. The van der Waals surface area contributed by atoms with Crippen molar-refractivity contribution in [1.82, 2.24) is 25.2 Å². The van der Waals surface area contributed by atoms with Crippen LogP contribution in [0.15, 0.2) is 55.0 Å². The van der Waals surface area contributed by atoms with E-state index in [4.69, 9.17) is 0 Å². The number of imidazole rings is 1. The lowest BCUT2D eigenvalue weighted by Gasteiger charge is -2.27. The Morgan fingerprint density at radius 3 is 2.51 bits per heavy atom. The lowest BCUT2D eigenvalue weighted by molar-refractivity contribution is -0.137. The normalized spacial score (nSPS) is 11.6. The van der Waals surface area contributed by atoms with Gasteiger partial charge in [-0.25, -0.2) is 14.8 Å². The van der Waals surface area contributed by atoms with E-state index in [-0.39, 0.29) is 18.4 Å². The summed E-state index contributed by atoms with van der Waals surface area (Å²) in [5, 5.41) is 5.65. The van der Waals surface area contributed by atoms with Gasteiger partial charge in [-0.05, 0) is 42.2 Å². The van der Waals surface area contributed by atoms with Crippen molar-refractivity contribution in [3.8, 4) is 22.4 Å². The second-order valence-corrected chi connectivity index (χ2v) is 9.37. The molecule has 10 nitrogen and oxygen atoms in total. The van der Waals surface area contributed by atoms with Gasteiger partial charge in [0.15, 0.2) is 5.13 Å². The molecule has 2 aromatic heterocycles. The van der Waals surface area contributed by atoms with Crippen molar-refractivity contribution in [2.24, 2.45) is 0 Å². The molecule has 37 heavy (non-hydrogen) atoms. The van der Waals surface area contributed by atoms with Gasteiger partial charge in [-0.3, -0.25) is 9.59 Å². The fourth-order valence-electron chi connectivity index (χ4n) is 3.86. The van der Waals surface area contributed by atoms with Crippen LogP contribution in [0, 0.1) is 0 Å². The number of rotatable bonds is 9. The first-order valence-electron chi connectivity index (χ1n) is 11.8. The third-order valence-electron chi connectivity index (χ3n) is 5.85. The van der Waals surface area contributed by atoms with E-state index >= 15 is 0 Å². The summed E-state index contributed by atoms with van der Waals surface area (Å²) >= 11 is 1.37. The van der Waals surface area contributed by atoms with Gasteiger partial charge in [0.2, 0.25) is 11.8 Å². The van der Waals surface area contributed by atoms with E-state index in [1.807, 2.05) is 37.3 Å². The molecule has 3 amide bonds. The van der Waals surface area contributed by atoms with Gasteiger partial charge in [0, 0.05) is 6.54 Å². The van der Waals surface area contributed by atoms with Crippen LogP contribution in [-0.4, -0.2) is 64.0 Å². The number of nitrogens with one attached hydrogen (secondary N) is 3. The van der Waals surface area contributed by atoms with Crippen LogP contribution in [0.25, 0.3) is 32.6 Å². The number of hydrogen-bond donors (Lipinski definition) is 3. The molecule has 0 saturated carbocycles. The minimum absolute atomic E-state index is 0.253. The molecule has 0 fully saturated rings. The molecule has 0 radical (unpaired) electrons. The summed E-state index contributed by atoms with van der Waals surface area (Å²) in [5.41, 5.74) is 4.88. The number of carbonyl (C=O) groups excluding carboxylic acids is 3. The molecule has 0 unspecified atom stereocenters. The van der Waals surface area contributed by atoms with Crippen LogP contribution in [0.2, 0.25) is 0 Å². The Morgan fingerprint density at radius 1 is 1.11 bits per heavy atom. The number of nitrogens with zero attached hydrogens (tertiary/aromatic N) is 3. The zero-order chi connectivity index (χ0) is 26.4. The number of methoxy groups -OCH3 is 1. The Morgan fingerprint density at radius 2 is 1.84 bits per heavy atom. The maximum Gasteiger partial charge on any atom is 0.407 e. The zero-order valence-electron chi connectivity index (χ0n) is 20.8. The zero-order valence-corrected chi connectivity index (χ0v) is 21.6. The van der Waals surface area contributed by atoms with Gasteiger partial charge in [-0.1, -0.05) is 48.6 Å². The van der Waals surface area contributed by atoms with E-state index in [1.54, 1.807) is 19.4 Å². The van der Waals surface area contributed by atoms with Gasteiger partial charge in [0.05, 0.1) is 35.5 Å². The van der Waals surface area contributed by atoms with Crippen molar-refractivity contribution in [3.63, 3.8) is 0 Å². The number of H-pyrrole nitrogens is 1. The summed E-state index contributed by atoms with van der Waals surface area (Å²) in [4.78, 5) is 50.0. The van der Waals surface area contributed by atoms with Crippen LogP contribution >= 0.6 is 11.3 Å². The van der Waals surface area contributed by atoms with Crippen LogP contribution in [-0.2, 0) is 14.3 Å². The number of alkyl carbamates (subject to hydrolysis) is 1. The minimum Gasteiger partial charge on any atom is -0.453 e. The van der Waals surface area contributed by atoms with Crippen LogP contribution in [0.3, 0.4) is 0 Å². The first-order chi connectivity index (χ1) is 17.9. The maximum atomic E-state index is 13.0. The van der Waals surface area contributed by atoms with Crippen molar-refractivity contribution in [2.75, 3.05) is 25.5 Å². The summed E-state index contributed by atoms with van der Waals surface area (Å²) < 4.78 is 5.43. The minimum atomic E-state index is -0.747. The predicted molar refractivity (Wildman–Crippen MR) is 143 cm³/mol. The summed E-state index contributed by atoms with van der Waals surface area (Å²) in [5.74, 6) is -0.726. The molecule has 0 spiro atoms. The molecule has 0 saturated heterocycles. The van der Waals surface area contributed by atoms with Crippen LogP contribution in [0.4, 0.5) is 9.93 Å². The number of fused-ring (bicyclic) bond motifs is 1. The highest BCUT2D eigenvalue weighted by molar-refractivity contribution is 7.22. The average molecular weight is 521 g/mol. The Kier molecular flexibility index (Phi) is 8.14. The monoisotopic (exact) mass is 520 g/mol. The lowest BCUT2D eigenvalue weighted by atomic mass is 10.0. The lowest BCUT2D eigenvalue weighted by Crippen LogP contribution is -2.49. The van der Waals surface area contributed by atoms with E-state index in [0.29, 0.717) is 18.1 Å². The number of hydrogen-bond acceptors (Lipinski definition) is 7. The van der Waals surface area contributed by atoms with Gasteiger partial charge >= 0.3 is 6.09 Å². The molecule has 0 aliphatic heterocycles.